The zero-order valence-corrected chi connectivity index (χ0v) is 18.3. The van der Waals surface area contributed by atoms with Crippen LogP contribution in [0, 0.1) is 34.6 Å². The highest BCUT2D eigenvalue weighted by atomic mass is 19.3. The van der Waals surface area contributed by atoms with Gasteiger partial charge in [-0.1, -0.05) is 32.3 Å². The number of nitrogens with zero attached hydrogens (tertiary/aromatic N) is 1. The van der Waals surface area contributed by atoms with E-state index in [4.69, 9.17) is 5.26 Å². The van der Waals surface area contributed by atoms with Gasteiger partial charge in [-0.25, -0.2) is 17.6 Å². The van der Waals surface area contributed by atoms with Crippen LogP contribution in [0.5, 0.6) is 5.75 Å². The molecule has 1 saturated carbocycles. The summed E-state index contributed by atoms with van der Waals surface area (Å²) in [4.78, 5) is 0. The molecule has 176 valence electrons. The summed E-state index contributed by atoms with van der Waals surface area (Å²) in [6.45, 7) is 3.52. The standard InChI is InChI=1S/C25H23F6NO/c1-3-7-14(2)17-12-21(28)23(24(29)22(17)15-8-5-4-6-9-15)25(30,31)33-16-10-19(26)18(13-32)20(27)11-16/h7,10-12,15H,3-6,8-9H2,1-2H3/b14-7-. The molecule has 0 N–H and O–H groups in total. The summed E-state index contributed by atoms with van der Waals surface area (Å²) in [7, 11) is 0. The Hall–Kier alpha value is -2.95. The normalized spacial score (nSPS) is 15.4. The molecule has 2 aromatic rings. The van der Waals surface area contributed by atoms with Gasteiger partial charge >= 0.3 is 6.11 Å². The highest BCUT2D eigenvalue weighted by Gasteiger charge is 2.43. The second-order valence-electron chi connectivity index (χ2n) is 8.13. The van der Waals surface area contributed by atoms with Gasteiger partial charge in [-0.15, -0.1) is 0 Å². The van der Waals surface area contributed by atoms with Crippen molar-refractivity contribution in [3.8, 4) is 11.8 Å². The largest absolute Gasteiger partial charge is 0.432 e. The SMILES string of the molecule is CC/C=C(/C)c1cc(F)c(C(F)(F)Oc2cc(F)c(C#N)c(F)c2)c(F)c1C1CCCCC1. The molecule has 1 aliphatic carbocycles. The van der Waals surface area contributed by atoms with Gasteiger partial charge in [-0.05, 0) is 54.9 Å². The van der Waals surface area contributed by atoms with Gasteiger partial charge in [0.25, 0.3) is 0 Å². The Labute approximate surface area is 188 Å². The summed E-state index contributed by atoms with van der Waals surface area (Å²) in [6, 6.07) is 2.87. The van der Waals surface area contributed by atoms with Crippen LogP contribution in [-0.4, -0.2) is 0 Å². The molecule has 0 spiro atoms. The summed E-state index contributed by atoms with van der Waals surface area (Å²) in [5.74, 6) is -7.16. The summed E-state index contributed by atoms with van der Waals surface area (Å²) in [5, 5.41) is 8.71. The van der Waals surface area contributed by atoms with Crippen LogP contribution in [0.1, 0.15) is 80.5 Å². The van der Waals surface area contributed by atoms with Crippen molar-refractivity contribution in [1.29, 1.82) is 5.26 Å². The summed E-state index contributed by atoms with van der Waals surface area (Å²) < 4.78 is 92.6. The number of benzene rings is 2. The highest BCUT2D eigenvalue weighted by Crippen LogP contribution is 2.44. The molecule has 3 rings (SSSR count). The monoisotopic (exact) mass is 467 g/mol. The van der Waals surface area contributed by atoms with Crippen LogP contribution in [0.25, 0.3) is 5.57 Å². The van der Waals surface area contributed by atoms with Crippen molar-refractivity contribution in [2.24, 2.45) is 0 Å². The molecule has 2 aromatic carbocycles. The molecule has 0 aromatic heterocycles. The number of alkyl halides is 2. The molecule has 0 aliphatic heterocycles. The molecular weight excluding hydrogens is 444 g/mol. The molecule has 33 heavy (non-hydrogen) atoms. The number of hydrogen-bond donors (Lipinski definition) is 0. The minimum Gasteiger partial charge on any atom is -0.429 e. The average molecular weight is 467 g/mol. The Bertz CT molecular complexity index is 1090. The van der Waals surface area contributed by atoms with Crippen molar-refractivity contribution in [2.75, 3.05) is 0 Å². The first-order valence-corrected chi connectivity index (χ1v) is 10.8. The number of halogens is 6. The zero-order chi connectivity index (χ0) is 24.3. The highest BCUT2D eigenvalue weighted by molar-refractivity contribution is 5.68. The number of nitriles is 1. The maximum atomic E-state index is 15.6. The molecule has 1 aliphatic rings. The van der Waals surface area contributed by atoms with Gasteiger partial charge < -0.3 is 4.74 Å². The molecule has 0 amide bonds. The van der Waals surface area contributed by atoms with E-state index in [9.17, 15) is 13.2 Å². The van der Waals surface area contributed by atoms with E-state index in [2.05, 4.69) is 4.74 Å². The molecule has 0 atom stereocenters. The number of hydrogen-bond acceptors (Lipinski definition) is 2. The summed E-state index contributed by atoms with van der Waals surface area (Å²) in [5.41, 5.74) is -1.78. The minimum atomic E-state index is -4.56. The second-order valence-corrected chi connectivity index (χ2v) is 8.13. The van der Waals surface area contributed by atoms with Gasteiger partial charge in [-0.3, -0.25) is 0 Å². The lowest BCUT2D eigenvalue weighted by Crippen LogP contribution is -2.27. The molecule has 8 heteroatoms. The molecule has 0 radical (unpaired) electrons. The number of ether oxygens (including phenoxy) is 1. The van der Waals surface area contributed by atoms with Gasteiger partial charge in [-0.2, -0.15) is 14.0 Å². The first-order chi connectivity index (χ1) is 15.6. The molecule has 0 saturated heterocycles. The molecule has 0 bridgehead atoms. The van der Waals surface area contributed by atoms with Crippen LogP contribution in [0.2, 0.25) is 0 Å². The number of allylic oxidation sites excluding steroid dienone is 2. The first kappa shape index (κ1) is 24.7. The molecule has 0 heterocycles. The maximum Gasteiger partial charge on any atom is 0.432 e. The fourth-order valence-corrected chi connectivity index (χ4v) is 4.35. The Morgan fingerprint density at radius 3 is 2.21 bits per heavy atom. The Balaban J connectivity index is 2.13. The maximum absolute atomic E-state index is 15.6. The van der Waals surface area contributed by atoms with E-state index in [1.54, 1.807) is 13.0 Å². The lowest BCUT2D eigenvalue weighted by atomic mass is 9.79. The molecule has 0 unspecified atom stereocenters. The van der Waals surface area contributed by atoms with E-state index >= 15 is 13.2 Å². The smallest absolute Gasteiger partial charge is 0.429 e. The van der Waals surface area contributed by atoms with E-state index in [1.165, 1.54) is 6.07 Å². The Morgan fingerprint density at radius 2 is 1.67 bits per heavy atom. The summed E-state index contributed by atoms with van der Waals surface area (Å²) in [6.07, 6.45) is 1.48. The van der Waals surface area contributed by atoms with E-state index in [0.29, 0.717) is 37.0 Å². The van der Waals surface area contributed by atoms with E-state index in [-0.39, 0.29) is 17.0 Å². The van der Waals surface area contributed by atoms with Crippen molar-refractivity contribution in [3.63, 3.8) is 0 Å². The van der Waals surface area contributed by atoms with E-state index in [0.717, 1.165) is 25.3 Å². The second kappa shape index (κ2) is 9.90. The third kappa shape index (κ3) is 5.02. The number of rotatable bonds is 6. The predicted octanol–water partition coefficient (Wildman–Crippen LogP) is 8.10. The van der Waals surface area contributed by atoms with E-state index in [1.807, 2.05) is 6.92 Å². The van der Waals surface area contributed by atoms with Crippen molar-refractivity contribution in [1.82, 2.24) is 0 Å². The fraction of sp³-hybridized carbons (Fsp3) is 0.400. The van der Waals surface area contributed by atoms with Crippen LogP contribution < -0.4 is 4.74 Å². The topological polar surface area (TPSA) is 33.0 Å². The molecule has 2 nitrogen and oxygen atoms in total. The van der Waals surface area contributed by atoms with Crippen molar-refractivity contribution in [2.45, 2.75) is 64.4 Å². The third-order valence-corrected chi connectivity index (χ3v) is 5.87. The van der Waals surface area contributed by atoms with Gasteiger partial charge in [0.05, 0.1) is 0 Å². The van der Waals surface area contributed by atoms with Gasteiger partial charge in [0, 0.05) is 12.1 Å². The molecule has 1 fully saturated rings. The van der Waals surface area contributed by atoms with Crippen LogP contribution in [0.4, 0.5) is 26.3 Å². The van der Waals surface area contributed by atoms with Crippen LogP contribution in [-0.2, 0) is 6.11 Å². The van der Waals surface area contributed by atoms with Crippen molar-refractivity contribution >= 4 is 5.57 Å². The fourth-order valence-electron chi connectivity index (χ4n) is 4.35. The summed E-state index contributed by atoms with van der Waals surface area (Å²) >= 11 is 0. The predicted molar refractivity (Wildman–Crippen MR) is 112 cm³/mol. The van der Waals surface area contributed by atoms with Gasteiger partial charge in [0.1, 0.15) is 46.2 Å². The van der Waals surface area contributed by atoms with Gasteiger partial charge in [0.2, 0.25) is 0 Å². The van der Waals surface area contributed by atoms with Crippen LogP contribution in [0.15, 0.2) is 24.3 Å². The third-order valence-electron chi connectivity index (χ3n) is 5.87. The lowest BCUT2D eigenvalue weighted by Gasteiger charge is -2.28. The van der Waals surface area contributed by atoms with Crippen molar-refractivity contribution in [3.05, 3.63) is 69.8 Å². The Kier molecular flexibility index (Phi) is 7.41. The van der Waals surface area contributed by atoms with Gasteiger partial charge in [0.15, 0.2) is 0 Å². The van der Waals surface area contributed by atoms with Crippen molar-refractivity contribution < 1.29 is 31.1 Å². The average Bonchev–Trinajstić information content (AvgIpc) is 2.73. The lowest BCUT2D eigenvalue weighted by molar-refractivity contribution is -0.189. The first-order valence-electron chi connectivity index (χ1n) is 10.8. The quantitative estimate of drug-likeness (QED) is 0.402. The Morgan fingerprint density at radius 1 is 1.06 bits per heavy atom. The molecular formula is C25H23F6NO. The van der Waals surface area contributed by atoms with Crippen LogP contribution in [0.3, 0.4) is 0 Å². The zero-order valence-electron chi connectivity index (χ0n) is 18.3. The van der Waals surface area contributed by atoms with Crippen LogP contribution >= 0.6 is 0 Å². The van der Waals surface area contributed by atoms with E-state index < -0.39 is 46.3 Å². The minimum absolute atomic E-state index is 0.00812.